The van der Waals surface area contributed by atoms with Crippen LogP contribution in [-0.2, 0) is 14.8 Å². The van der Waals surface area contributed by atoms with Crippen molar-refractivity contribution in [1.82, 2.24) is 4.72 Å². The van der Waals surface area contributed by atoms with Gasteiger partial charge in [0.25, 0.3) is 0 Å². The van der Waals surface area contributed by atoms with Crippen LogP contribution >= 0.6 is 0 Å². The Morgan fingerprint density at radius 3 is 2.58 bits per heavy atom. The zero-order chi connectivity index (χ0) is 14.3. The predicted octanol–water partition coefficient (Wildman–Crippen LogP) is 1.15. The first kappa shape index (κ1) is 15.5. The lowest BCUT2D eigenvalue weighted by atomic mass is 10.0. The number of hydrogen-bond donors (Lipinski definition) is 2. The van der Waals surface area contributed by atoms with Crippen molar-refractivity contribution >= 4 is 16.1 Å². The largest absolute Gasteiger partial charge is 0.449 e. The molecule has 0 radical (unpaired) electrons. The van der Waals surface area contributed by atoms with Gasteiger partial charge in [0, 0.05) is 6.04 Å². The highest BCUT2D eigenvalue weighted by Crippen LogP contribution is 2.14. The van der Waals surface area contributed by atoms with Gasteiger partial charge >= 0.3 is 6.09 Å². The number of hydrogen-bond acceptors (Lipinski definition) is 5. The highest BCUT2D eigenvalue weighted by molar-refractivity contribution is 7.89. The number of carbonyl (C=O) groups is 1. The third-order valence-corrected chi connectivity index (χ3v) is 2.93. The number of nitrogens with two attached hydrogens (primary N) is 1. The number of sulfonamides is 1. The van der Waals surface area contributed by atoms with Gasteiger partial charge in [-0.2, -0.15) is 0 Å². The Morgan fingerprint density at radius 1 is 1.37 bits per heavy atom. The molecule has 0 aromatic heterocycles. The van der Waals surface area contributed by atoms with Gasteiger partial charge in [-0.25, -0.2) is 17.9 Å². The second kappa shape index (κ2) is 7.10. The maximum absolute atomic E-state index is 11.0. The zero-order valence-corrected chi connectivity index (χ0v) is 11.5. The topological polar surface area (TPSA) is 98.5 Å². The van der Waals surface area contributed by atoms with Gasteiger partial charge in [0.15, 0.2) is 0 Å². The lowest BCUT2D eigenvalue weighted by molar-refractivity contribution is 0.149. The quantitative estimate of drug-likeness (QED) is 0.764. The fraction of sp³-hybridized carbons (Fsp3) is 0.417. The summed E-state index contributed by atoms with van der Waals surface area (Å²) in [6, 6.07) is 9.47. The molecule has 1 amide bonds. The van der Waals surface area contributed by atoms with E-state index < -0.39 is 16.1 Å². The molecule has 0 aliphatic rings. The first-order chi connectivity index (χ1) is 8.88. The van der Waals surface area contributed by atoms with E-state index in [-0.39, 0.29) is 12.6 Å². The van der Waals surface area contributed by atoms with Crippen molar-refractivity contribution in [2.75, 3.05) is 12.9 Å². The van der Waals surface area contributed by atoms with E-state index in [4.69, 9.17) is 10.5 Å². The van der Waals surface area contributed by atoms with Crippen LogP contribution in [0, 0.1) is 0 Å². The molecule has 1 aromatic rings. The van der Waals surface area contributed by atoms with E-state index in [1.807, 2.05) is 30.3 Å². The second-order valence-electron chi connectivity index (χ2n) is 4.17. The number of rotatable bonds is 6. The molecule has 0 saturated carbocycles. The van der Waals surface area contributed by atoms with Crippen LogP contribution in [0.5, 0.6) is 0 Å². The monoisotopic (exact) mass is 286 g/mol. The van der Waals surface area contributed by atoms with Crippen molar-refractivity contribution in [3.63, 3.8) is 0 Å². The molecule has 0 heterocycles. The third-order valence-electron chi connectivity index (χ3n) is 2.39. The molecule has 19 heavy (non-hydrogen) atoms. The summed E-state index contributed by atoms with van der Waals surface area (Å²) >= 11 is 0. The van der Waals surface area contributed by atoms with Gasteiger partial charge in [0.1, 0.15) is 0 Å². The van der Waals surface area contributed by atoms with Crippen molar-refractivity contribution in [2.24, 2.45) is 5.73 Å². The van der Waals surface area contributed by atoms with Gasteiger partial charge < -0.3 is 10.5 Å². The van der Waals surface area contributed by atoms with Crippen molar-refractivity contribution in [3.8, 4) is 0 Å². The number of amides is 1. The summed E-state index contributed by atoms with van der Waals surface area (Å²) in [5.74, 6) is 0. The number of nitrogens with one attached hydrogen (secondary N) is 1. The number of carbonyl (C=O) groups excluding carboxylic acids is 1. The van der Waals surface area contributed by atoms with Gasteiger partial charge in [-0.1, -0.05) is 30.3 Å². The van der Waals surface area contributed by atoms with Crippen LogP contribution < -0.4 is 10.5 Å². The average molecular weight is 286 g/mol. The van der Waals surface area contributed by atoms with Crippen molar-refractivity contribution < 1.29 is 17.9 Å². The van der Waals surface area contributed by atoms with Crippen molar-refractivity contribution in [2.45, 2.75) is 18.9 Å². The van der Waals surface area contributed by atoms with Crippen molar-refractivity contribution in [1.29, 1.82) is 0 Å². The standard InChI is InChI=1S/C12H18N2O4S/c1-19(16,17)14-12(15)18-9-5-8-11(13)10-6-3-2-4-7-10/h2-4,6-7,11H,5,8-9,13H2,1H3,(H,14,15)/t11-/m0/s1. The average Bonchev–Trinajstić information content (AvgIpc) is 2.33. The molecule has 6 nitrogen and oxygen atoms in total. The van der Waals surface area contributed by atoms with E-state index in [9.17, 15) is 13.2 Å². The normalized spacial score (nSPS) is 12.7. The van der Waals surface area contributed by atoms with Crippen LogP contribution in [0.25, 0.3) is 0 Å². The van der Waals surface area contributed by atoms with Crippen molar-refractivity contribution in [3.05, 3.63) is 35.9 Å². The smallest absolute Gasteiger partial charge is 0.420 e. The summed E-state index contributed by atoms with van der Waals surface area (Å²) in [6.07, 6.45) is 1.14. The summed E-state index contributed by atoms with van der Waals surface area (Å²) in [4.78, 5) is 11.0. The highest BCUT2D eigenvalue weighted by Gasteiger charge is 2.10. The molecule has 0 aliphatic heterocycles. The third kappa shape index (κ3) is 6.78. The van der Waals surface area contributed by atoms with E-state index >= 15 is 0 Å². The van der Waals surface area contributed by atoms with E-state index in [0.717, 1.165) is 11.8 Å². The maximum atomic E-state index is 11.0. The zero-order valence-electron chi connectivity index (χ0n) is 10.7. The lowest BCUT2D eigenvalue weighted by Gasteiger charge is -2.11. The summed E-state index contributed by atoms with van der Waals surface area (Å²) in [7, 11) is -3.57. The Balaban J connectivity index is 2.23. The molecule has 106 valence electrons. The van der Waals surface area contributed by atoms with Gasteiger partial charge in [0.05, 0.1) is 12.9 Å². The summed E-state index contributed by atoms with van der Waals surface area (Å²) in [5.41, 5.74) is 6.98. The first-order valence-electron chi connectivity index (χ1n) is 5.83. The van der Waals surface area contributed by atoms with Crippen LogP contribution in [-0.4, -0.2) is 27.4 Å². The maximum Gasteiger partial charge on any atom is 0.420 e. The van der Waals surface area contributed by atoms with Gasteiger partial charge in [0.2, 0.25) is 10.0 Å². The Bertz CT molecular complexity index is 502. The molecule has 1 rings (SSSR count). The minimum absolute atomic E-state index is 0.122. The summed E-state index contributed by atoms with van der Waals surface area (Å²) in [6.45, 7) is 0.127. The Kier molecular flexibility index (Phi) is 5.78. The fourth-order valence-corrected chi connectivity index (χ4v) is 1.88. The molecule has 3 N–H and O–H groups in total. The molecular formula is C12H18N2O4S. The van der Waals surface area contributed by atoms with Gasteiger partial charge in [-0.15, -0.1) is 0 Å². The lowest BCUT2D eigenvalue weighted by Crippen LogP contribution is -2.30. The van der Waals surface area contributed by atoms with E-state index in [2.05, 4.69) is 0 Å². The van der Waals surface area contributed by atoms with E-state index in [1.54, 1.807) is 4.72 Å². The first-order valence-corrected chi connectivity index (χ1v) is 7.72. The minimum Gasteiger partial charge on any atom is -0.449 e. The highest BCUT2D eigenvalue weighted by atomic mass is 32.2. The minimum atomic E-state index is -3.57. The SMILES string of the molecule is CS(=O)(=O)NC(=O)OCCC[C@H](N)c1ccccc1. The molecule has 0 spiro atoms. The molecule has 0 saturated heterocycles. The van der Waals surface area contributed by atoms with Crippen LogP contribution in [0.1, 0.15) is 24.4 Å². The fourth-order valence-electron chi connectivity index (χ4n) is 1.52. The molecule has 0 fully saturated rings. The Hall–Kier alpha value is -1.60. The van der Waals surface area contributed by atoms with Crippen LogP contribution in [0.4, 0.5) is 4.79 Å². The van der Waals surface area contributed by atoms with Crippen LogP contribution in [0.15, 0.2) is 30.3 Å². The van der Waals surface area contributed by atoms with Gasteiger partial charge in [-0.05, 0) is 18.4 Å². The van der Waals surface area contributed by atoms with E-state index in [0.29, 0.717) is 12.8 Å². The number of ether oxygens (including phenoxy) is 1. The summed E-state index contributed by atoms with van der Waals surface area (Å²) in [5, 5.41) is 0. The molecule has 1 atom stereocenters. The molecule has 0 aliphatic carbocycles. The Morgan fingerprint density at radius 2 is 2.00 bits per heavy atom. The molecule has 1 aromatic carbocycles. The molecule has 0 unspecified atom stereocenters. The molecular weight excluding hydrogens is 268 g/mol. The Labute approximate surface area is 113 Å². The van der Waals surface area contributed by atoms with Crippen LogP contribution in [0.3, 0.4) is 0 Å². The molecule has 7 heteroatoms. The number of benzene rings is 1. The second-order valence-corrected chi connectivity index (χ2v) is 5.92. The summed E-state index contributed by atoms with van der Waals surface area (Å²) < 4.78 is 27.9. The van der Waals surface area contributed by atoms with Crippen LogP contribution in [0.2, 0.25) is 0 Å². The van der Waals surface area contributed by atoms with E-state index in [1.165, 1.54) is 0 Å². The van der Waals surface area contributed by atoms with Gasteiger partial charge in [-0.3, -0.25) is 0 Å². The predicted molar refractivity (Wildman–Crippen MR) is 71.9 cm³/mol. The molecule has 0 bridgehead atoms.